The molecule has 0 N–H and O–H groups in total. The summed E-state index contributed by atoms with van der Waals surface area (Å²) in [5, 5.41) is 4.75. The number of carbonyl (C=O) groups excluding carboxylic acids is 2. The highest BCUT2D eigenvalue weighted by Gasteiger charge is 2.29. The molecule has 1 amide bonds. The molecule has 4 rings (SSSR count). The molecule has 1 aliphatic heterocycles. The molecule has 1 atom stereocenters. The van der Waals surface area contributed by atoms with Crippen molar-refractivity contribution in [1.29, 1.82) is 0 Å². The Morgan fingerprint density at radius 1 is 1.12 bits per heavy atom. The standard InChI is InChI=1S/C24H22ClN3O4/c1-15-14-21(29)22(26-28(15)19-11-9-18(25)10-12-19)24(31)32-16(2)23(30)27-13-5-7-17-6-3-4-8-20(17)27/h3-4,6,8-12,14,16H,5,7,13H2,1-2H3. The van der Waals surface area contributed by atoms with Crippen LogP contribution in [0.5, 0.6) is 0 Å². The van der Waals surface area contributed by atoms with Crippen molar-refractivity contribution in [3.05, 3.63) is 86.8 Å². The van der Waals surface area contributed by atoms with Crippen LogP contribution in [0.2, 0.25) is 5.02 Å². The lowest BCUT2D eigenvalue weighted by atomic mass is 10.0. The molecule has 1 aliphatic rings. The van der Waals surface area contributed by atoms with Crippen molar-refractivity contribution in [1.82, 2.24) is 9.78 Å². The Morgan fingerprint density at radius 2 is 1.84 bits per heavy atom. The maximum atomic E-state index is 13.0. The number of hydrogen-bond acceptors (Lipinski definition) is 5. The number of esters is 1. The fourth-order valence-electron chi connectivity index (χ4n) is 3.78. The van der Waals surface area contributed by atoms with E-state index in [0.29, 0.717) is 22.9 Å². The Morgan fingerprint density at radius 3 is 2.59 bits per heavy atom. The molecular weight excluding hydrogens is 430 g/mol. The van der Waals surface area contributed by atoms with Crippen molar-refractivity contribution >= 4 is 29.2 Å². The summed E-state index contributed by atoms with van der Waals surface area (Å²) in [6.45, 7) is 3.76. The van der Waals surface area contributed by atoms with Gasteiger partial charge in [-0.15, -0.1) is 0 Å². The van der Waals surface area contributed by atoms with Gasteiger partial charge < -0.3 is 9.64 Å². The van der Waals surface area contributed by atoms with Crippen LogP contribution in [0.4, 0.5) is 5.69 Å². The lowest BCUT2D eigenvalue weighted by Gasteiger charge is -2.31. The number of amides is 1. The SMILES string of the molecule is Cc1cc(=O)c(C(=O)OC(C)C(=O)N2CCCc3ccccc32)nn1-c1ccc(Cl)cc1. The third kappa shape index (κ3) is 4.29. The number of nitrogens with zero attached hydrogens (tertiary/aromatic N) is 3. The first-order chi connectivity index (χ1) is 15.3. The van der Waals surface area contributed by atoms with Crippen molar-refractivity contribution < 1.29 is 14.3 Å². The van der Waals surface area contributed by atoms with E-state index < -0.39 is 17.5 Å². The molecule has 32 heavy (non-hydrogen) atoms. The van der Waals surface area contributed by atoms with Crippen LogP contribution >= 0.6 is 11.6 Å². The zero-order valence-corrected chi connectivity index (χ0v) is 18.5. The van der Waals surface area contributed by atoms with E-state index in [1.54, 1.807) is 36.1 Å². The number of halogens is 1. The van der Waals surface area contributed by atoms with Crippen LogP contribution in [0.1, 0.15) is 35.1 Å². The lowest BCUT2D eigenvalue weighted by Crippen LogP contribution is -2.43. The Bertz CT molecular complexity index is 1240. The number of fused-ring (bicyclic) bond motifs is 1. The highest BCUT2D eigenvalue weighted by Crippen LogP contribution is 2.27. The Balaban J connectivity index is 1.56. The molecule has 1 aromatic heterocycles. The lowest BCUT2D eigenvalue weighted by molar-refractivity contribution is -0.126. The maximum absolute atomic E-state index is 13.0. The summed E-state index contributed by atoms with van der Waals surface area (Å²) < 4.78 is 6.83. The Kier molecular flexibility index (Phi) is 6.10. The molecule has 7 nitrogen and oxygen atoms in total. The molecule has 0 saturated carbocycles. The van der Waals surface area contributed by atoms with Crippen LogP contribution in [-0.2, 0) is 16.0 Å². The fourth-order valence-corrected chi connectivity index (χ4v) is 3.91. The van der Waals surface area contributed by atoms with Gasteiger partial charge in [0.2, 0.25) is 11.1 Å². The highest BCUT2D eigenvalue weighted by molar-refractivity contribution is 6.30. The van der Waals surface area contributed by atoms with Crippen LogP contribution < -0.4 is 10.3 Å². The van der Waals surface area contributed by atoms with E-state index in [4.69, 9.17) is 16.3 Å². The Hall–Kier alpha value is -3.45. The van der Waals surface area contributed by atoms with Crippen LogP contribution in [0, 0.1) is 6.92 Å². The van der Waals surface area contributed by atoms with Crippen LogP contribution in [0.15, 0.2) is 59.4 Å². The minimum Gasteiger partial charge on any atom is -0.448 e. The van der Waals surface area contributed by atoms with Gasteiger partial charge in [0, 0.05) is 29.0 Å². The summed E-state index contributed by atoms with van der Waals surface area (Å²) in [6, 6.07) is 15.8. The first-order valence-corrected chi connectivity index (χ1v) is 10.7. The Labute approximate surface area is 190 Å². The predicted octanol–water partition coefficient (Wildman–Crippen LogP) is 3.72. The van der Waals surface area contributed by atoms with Crippen molar-refractivity contribution in [3.63, 3.8) is 0 Å². The second-order valence-corrected chi connectivity index (χ2v) is 8.09. The molecule has 0 fully saturated rings. The number of carbonyl (C=O) groups is 2. The van der Waals surface area contributed by atoms with Gasteiger partial charge in [0.25, 0.3) is 5.91 Å². The summed E-state index contributed by atoms with van der Waals surface area (Å²) in [5.74, 6) is -1.28. The molecule has 3 aromatic rings. The van der Waals surface area contributed by atoms with Crippen molar-refractivity contribution in [2.24, 2.45) is 0 Å². The summed E-state index contributed by atoms with van der Waals surface area (Å²) in [6.07, 6.45) is 0.653. The molecule has 164 valence electrons. The second kappa shape index (κ2) is 8.96. The topological polar surface area (TPSA) is 81.5 Å². The second-order valence-electron chi connectivity index (χ2n) is 7.66. The molecule has 1 unspecified atom stereocenters. The van der Waals surface area contributed by atoms with E-state index in [0.717, 1.165) is 24.1 Å². The van der Waals surface area contributed by atoms with Crippen molar-refractivity contribution in [2.75, 3.05) is 11.4 Å². The molecule has 0 aliphatic carbocycles. The van der Waals surface area contributed by atoms with E-state index in [2.05, 4.69) is 5.10 Å². The van der Waals surface area contributed by atoms with Gasteiger partial charge in [0.15, 0.2) is 6.10 Å². The van der Waals surface area contributed by atoms with Crippen molar-refractivity contribution in [2.45, 2.75) is 32.8 Å². The van der Waals surface area contributed by atoms with Gasteiger partial charge in [-0.2, -0.15) is 5.10 Å². The van der Waals surface area contributed by atoms with Gasteiger partial charge in [-0.25, -0.2) is 9.48 Å². The minimum absolute atomic E-state index is 0.337. The third-order valence-electron chi connectivity index (χ3n) is 5.38. The normalized spacial score (nSPS) is 13.9. The number of aryl methyl sites for hydroxylation is 2. The molecular formula is C24H22ClN3O4. The van der Waals surface area contributed by atoms with Crippen LogP contribution in [0.25, 0.3) is 5.69 Å². The minimum atomic E-state index is -1.07. The molecule has 0 radical (unpaired) electrons. The average Bonchev–Trinajstić information content (AvgIpc) is 2.79. The van der Waals surface area contributed by atoms with Crippen LogP contribution in [-0.4, -0.2) is 34.3 Å². The van der Waals surface area contributed by atoms with E-state index in [1.807, 2.05) is 24.3 Å². The molecule has 0 bridgehead atoms. The number of hydrogen-bond donors (Lipinski definition) is 0. The first-order valence-electron chi connectivity index (χ1n) is 10.3. The van der Waals surface area contributed by atoms with Gasteiger partial charge in [-0.05, 0) is 62.6 Å². The summed E-state index contributed by atoms with van der Waals surface area (Å²) in [5.41, 5.74) is 2.13. The van der Waals surface area contributed by atoms with Gasteiger partial charge in [0.05, 0.1) is 5.69 Å². The number of anilines is 1. The van der Waals surface area contributed by atoms with Crippen LogP contribution in [0.3, 0.4) is 0 Å². The quantitative estimate of drug-likeness (QED) is 0.565. The molecule has 0 spiro atoms. The van der Waals surface area contributed by atoms with Crippen molar-refractivity contribution in [3.8, 4) is 5.69 Å². The largest absolute Gasteiger partial charge is 0.448 e. The van der Waals surface area contributed by atoms with Gasteiger partial charge in [-0.3, -0.25) is 9.59 Å². The van der Waals surface area contributed by atoms with E-state index in [9.17, 15) is 14.4 Å². The van der Waals surface area contributed by atoms with E-state index in [1.165, 1.54) is 17.7 Å². The highest BCUT2D eigenvalue weighted by atomic mass is 35.5. The van der Waals surface area contributed by atoms with Gasteiger partial charge in [-0.1, -0.05) is 29.8 Å². The van der Waals surface area contributed by atoms with E-state index in [-0.39, 0.29) is 11.6 Å². The maximum Gasteiger partial charge on any atom is 0.363 e. The average molecular weight is 452 g/mol. The summed E-state index contributed by atoms with van der Waals surface area (Å²) >= 11 is 5.94. The third-order valence-corrected chi connectivity index (χ3v) is 5.63. The number of para-hydroxylation sites is 1. The summed E-state index contributed by atoms with van der Waals surface area (Å²) in [7, 11) is 0. The molecule has 2 aromatic carbocycles. The molecule has 8 heteroatoms. The molecule has 2 heterocycles. The monoisotopic (exact) mass is 451 g/mol. The van der Waals surface area contributed by atoms with Gasteiger partial charge >= 0.3 is 5.97 Å². The number of aromatic nitrogens is 2. The van der Waals surface area contributed by atoms with Gasteiger partial charge in [0.1, 0.15) is 0 Å². The summed E-state index contributed by atoms with van der Waals surface area (Å²) in [4.78, 5) is 39.9. The zero-order chi connectivity index (χ0) is 22.8. The predicted molar refractivity (Wildman–Crippen MR) is 122 cm³/mol. The molecule has 0 saturated heterocycles. The zero-order valence-electron chi connectivity index (χ0n) is 17.7. The number of rotatable bonds is 4. The smallest absolute Gasteiger partial charge is 0.363 e. The first kappa shape index (κ1) is 21.8. The fraction of sp³-hybridized carbons (Fsp3) is 0.250. The number of benzene rings is 2. The van der Waals surface area contributed by atoms with E-state index >= 15 is 0 Å². The number of ether oxygens (including phenoxy) is 1.